The fourth-order valence-corrected chi connectivity index (χ4v) is 4.74. The zero-order chi connectivity index (χ0) is 27.5. The molecule has 1 saturated carbocycles. The number of nitrogens with zero attached hydrogens (tertiary/aromatic N) is 6. The third-order valence-corrected chi connectivity index (χ3v) is 6.68. The Kier molecular flexibility index (Phi) is 4.66. The zero-order valence-corrected chi connectivity index (χ0v) is 20.1. The van der Waals surface area contributed by atoms with Crippen LogP contribution < -0.4 is 15.5 Å². The van der Waals surface area contributed by atoms with Crippen molar-refractivity contribution in [1.82, 2.24) is 25.1 Å². The molecule has 0 radical (unpaired) electrons. The van der Waals surface area contributed by atoms with Gasteiger partial charge < -0.3 is 24.7 Å². The monoisotopic (exact) mass is 491 g/mol. The van der Waals surface area contributed by atoms with Gasteiger partial charge in [0.2, 0.25) is 11.8 Å². The van der Waals surface area contributed by atoms with E-state index in [4.69, 9.17) is 13.3 Å². The lowest BCUT2D eigenvalue weighted by Gasteiger charge is -2.35. The van der Waals surface area contributed by atoms with Crippen LogP contribution in [0.1, 0.15) is 31.3 Å². The van der Waals surface area contributed by atoms with E-state index < -0.39 is 6.98 Å². The minimum absolute atomic E-state index is 0.0329. The summed E-state index contributed by atoms with van der Waals surface area (Å²) in [6.07, 6.45) is 4.11. The lowest BCUT2D eigenvalue weighted by Crippen LogP contribution is -2.45. The Bertz CT molecular complexity index is 1570. The van der Waals surface area contributed by atoms with Crippen LogP contribution in [0.25, 0.3) is 33.5 Å². The molecule has 1 saturated heterocycles. The molecule has 2 N–H and O–H groups in total. The molecule has 0 spiro atoms. The van der Waals surface area contributed by atoms with Crippen LogP contribution in [0.2, 0.25) is 0 Å². The average Bonchev–Trinajstić information content (AvgIpc) is 3.45. The molecule has 11 heteroatoms. The smallest absolute Gasteiger partial charge is 0.229 e. The van der Waals surface area contributed by atoms with Crippen molar-refractivity contribution >= 4 is 45.4 Å². The third kappa shape index (κ3) is 4.09. The molecule has 0 bridgehead atoms. The lowest BCUT2D eigenvalue weighted by atomic mass is 10.1. The minimum Gasteiger partial charge on any atom is -0.436 e. The first-order chi connectivity index (χ1) is 18.5. The number of aromatic nitrogens is 5. The van der Waals surface area contributed by atoms with Crippen LogP contribution in [0, 0.1) is 11.8 Å². The summed E-state index contributed by atoms with van der Waals surface area (Å²) in [5, 5.41) is 14.0. The van der Waals surface area contributed by atoms with E-state index in [9.17, 15) is 4.79 Å². The second kappa shape index (κ2) is 8.66. The number of nitrogens with one attached hydrogen (secondary N) is 2. The number of amides is 1. The van der Waals surface area contributed by atoms with Crippen molar-refractivity contribution in [2.45, 2.75) is 39.4 Å². The molecule has 1 aliphatic heterocycles. The highest BCUT2D eigenvalue weighted by Gasteiger charge is 2.39. The quantitative estimate of drug-likeness (QED) is 0.428. The fourth-order valence-electron chi connectivity index (χ4n) is 4.74. The van der Waals surface area contributed by atoms with Crippen LogP contribution >= 0.6 is 0 Å². The molecule has 0 unspecified atom stereocenters. The van der Waals surface area contributed by atoms with E-state index in [0.29, 0.717) is 41.1 Å². The molecule has 36 heavy (non-hydrogen) atoms. The van der Waals surface area contributed by atoms with Gasteiger partial charge in [0, 0.05) is 47.7 Å². The van der Waals surface area contributed by atoms with E-state index in [1.54, 1.807) is 12.3 Å². The number of oxazole rings is 1. The van der Waals surface area contributed by atoms with Crippen molar-refractivity contribution in [3.05, 3.63) is 24.5 Å². The van der Waals surface area contributed by atoms with Crippen molar-refractivity contribution in [3.8, 4) is 11.5 Å². The van der Waals surface area contributed by atoms with Gasteiger partial charge in [-0.15, -0.1) is 10.2 Å². The van der Waals surface area contributed by atoms with E-state index in [-0.39, 0.29) is 47.1 Å². The largest absolute Gasteiger partial charge is 0.436 e. The molecule has 11 nitrogen and oxygen atoms in total. The topological polar surface area (TPSA) is 131 Å². The molecular formula is C25H28N8O3. The van der Waals surface area contributed by atoms with Gasteiger partial charge in [0.15, 0.2) is 17.2 Å². The van der Waals surface area contributed by atoms with E-state index >= 15 is 0 Å². The van der Waals surface area contributed by atoms with Gasteiger partial charge in [-0.1, -0.05) is 6.92 Å². The van der Waals surface area contributed by atoms with Crippen LogP contribution in [-0.4, -0.2) is 63.3 Å². The number of morpholine rings is 1. The molecule has 2 aliphatic rings. The molecule has 2 fully saturated rings. The van der Waals surface area contributed by atoms with Gasteiger partial charge in [0.25, 0.3) is 0 Å². The Hall–Kier alpha value is -3.86. The van der Waals surface area contributed by atoms with Crippen LogP contribution in [0.15, 0.2) is 28.9 Å². The van der Waals surface area contributed by atoms with E-state index in [0.717, 1.165) is 12.2 Å². The third-order valence-electron chi connectivity index (χ3n) is 6.68. The van der Waals surface area contributed by atoms with Crippen molar-refractivity contribution in [3.63, 3.8) is 0 Å². The molecule has 4 aromatic rings. The molecule has 6 rings (SSSR count). The summed E-state index contributed by atoms with van der Waals surface area (Å²) in [6, 6.07) is 3.48. The Labute approximate surface area is 211 Å². The van der Waals surface area contributed by atoms with Crippen LogP contribution in [0.5, 0.6) is 0 Å². The number of hydrogen-bond acceptors (Lipinski definition) is 10. The highest BCUT2D eigenvalue weighted by molar-refractivity contribution is 6.01. The van der Waals surface area contributed by atoms with Crippen LogP contribution in [0.4, 0.5) is 17.5 Å². The molecule has 4 aromatic heterocycles. The Morgan fingerprint density at radius 2 is 1.94 bits per heavy atom. The van der Waals surface area contributed by atoms with E-state index in [1.165, 1.54) is 6.20 Å². The molecule has 1 amide bonds. The molecule has 1 aliphatic carbocycles. The van der Waals surface area contributed by atoms with Crippen molar-refractivity contribution < 1.29 is 18.1 Å². The summed E-state index contributed by atoms with van der Waals surface area (Å²) in [6.45, 7) is 5.00. The van der Waals surface area contributed by atoms with Crippen LogP contribution in [0.3, 0.4) is 0 Å². The summed E-state index contributed by atoms with van der Waals surface area (Å²) in [4.78, 5) is 28.2. The maximum atomic E-state index is 12.5. The zero-order valence-electron chi connectivity index (χ0n) is 23.1. The number of carbonyl (C=O) groups is 1. The maximum Gasteiger partial charge on any atom is 0.229 e. The highest BCUT2D eigenvalue weighted by Crippen LogP contribution is 2.39. The Balaban J connectivity index is 1.40. The molecule has 0 aromatic carbocycles. The van der Waals surface area contributed by atoms with Crippen LogP contribution in [-0.2, 0) is 9.53 Å². The van der Waals surface area contributed by atoms with Gasteiger partial charge in [-0.25, -0.2) is 15.0 Å². The number of pyridine rings is 2. The average molecular weight is 492 g/mol. The van der Waals surface area contributed by atoms with Crippen molar-refractivity contribution in [2.75, 3.05) is 35.6 Å². The summed E-state index contributed by atoms with van der Waals surface area (Å²) >= 11 is 0. The molecule has 186 valence electrons. The van der Waals surface area contributed by atoms with E-state index in [2.05, 4.69) is 40.7 Å². The first kappa shape index (κ1) is 19.3. The Morgan fingerprint density at radius 3 is 2.69 bits per heavy atom. The Morgan fingerprint density at radius 1 is 1.14 bits per heavy atom. The van der Waals surface area contributed by atoms with Gasteiger partial charge in [-0.3, -0.25) is 4.79 Å². The van der Waals surface area contributed by atoms with Gasteiger partial charge in [-0.2, -0.15) is 0 Å². The SMILES string of the molecule is [2H]C([2H])([2H])Nc1ncc(-c2nc3cnc(N4C[C@@H](C)O[C@@H](C)C4)cc3o2)c2cc(NC(=O)[C@H]3C[C@H]3C)nnc12. The first-order valence-corrected chi connectivity index (χ1v) is 12.0. The summed E-state index contributed by atoms with van der Waals surface area (Å²) in [7, 11) is 0. The number of carbonyl (C=O) groups excluding carboxylic acids is 1. The van der Waals surface area contributed by atoms with Crippen molar-refractivity contribution in [1.29, 1.82) is 0 Å². The number of anilines is 3. The first-order valence-electron chi connectivity index (χ1n) is 13.5. The standard InChI is InChI=1S/C25H28N8O3/c1-12-5-15(12)24(34)30-20-6-16-17(8-28-23(26-4)22(16)32-31-20)25-29-18-9-27-21(7-19(18)36-25)33-10-13(2)35-14(3)11-33/h6-9,12-15H,5,10-11H2,1-4H3,(H,26,28)(H,30,31,34)/t12-,13-,14+,15+/m1/s1/i4D3. The number of fused-ring (bicyclic) bond motifs is 2. The fraction of sp³-hybridized carbons (Fsp3) is 0.440. The number of ether oxygens (including phenoxy) is 1. The maximum absolute atomic E-state index is 12.5. The van der Waals surface area contributed by atoms with Crippen molar-refractivity contribution in [2.24, 2.45) is 11.8 Å². The highest BCUT2D eigenvalue weighted by atomic mass is 16.5. The van der Waals surface area contributed by atoms with Gasteiger partial charge in [0.05, 0.1) is 24.0 Å². The summed E-state index contributed by atoms with van der Waals surface area (Å²) < 4.78 is 34.8. The second-order valence-electron chi connectivity index (χ2n) is 9.64. The van der Waals surface area contributed by atoms with Gasteiger partial charge in [-0.05, 0) is 32.3 Å². The molecule has 5 heterocycles. The summed E-state index contributed by atoms with van der Waals surface area (Å²) in [5.74, 6) is 1.45. The normalized spacial score (nSPS) is 25.3. The predicted molar refractivity (Wildman–Crippen MR) is 136 cm³/mol. The molecular weight excluding hydrogens is 460 g/mol. The van der Waals surface area contributed by atoms with Gasteiger partial charge >= 0.3 is 0 Å². The second-order valence-corrected chi connectivity index (χ2v) is 9.64. The molecule has 4 atom stereocenters. The summed E-state index contributed by atoms with van der Waals surface area (Å²) in [5.41, 5.74) is 1.77. The van der Waals surface area contributed by atoms with Gasteiger partial charge in [0.1, 0.15) is 16.9 Å². The predicted octanol–water partition coefficient (Wildman–Crippen LogP) is 3.48. The lowest BCUT2D eigenvalue weighted by molar-refractivity contribution is -0.117. The number of hydrogen-bond donors (Lipinski definition) is 2. The minimum atomic E-state index is -2.49. The number of rotatable bonds is 5. The van der Waals surface area contributed by atoms with E-state index in [1.807, 2.05) is 26.8 Å².